The van der Waals surface area contributed by atoms with Gasteiger partial charge >= 0.3 is 19.6 Å². The summed E-state index contributed by atoms with van der Waals surface area (Å²) in [6, 6.07) is 0. The van der Waals surface area contributed by atoms with Crippen molar-refractivity contribution >= 4 is 19.6 Å². The first-order chi connectivity index (χ1) is 7.20. The lowest BCUT2D eigenvalue weighted by Crippen LogP contribution is -2.51. The molecule has 0 bridgehead atoms. The van der Waals surface area contributed by atoms with Crippen LogP contribution in [-0.4, -0.2) is 37.1 Å². The second kappa shape index (κ2) is 5.08. The summed E-state index contributed by atoms with van der Waals surface area (Å²) in [6.45, 7) is 6.82. The van der Waals surface area contributed by atoms with E-state index in [0.717, 1.165) is 0 Å². The van der Waals surface area contributed by atoms with E-state index in [1.165, 1.54) is 7.11 Å². The van der Waals surface area contributed by atoms with Crippen LogP contribution in [0, 0.1) is 12.3 Å². The average molecular weight is 240 g/mol. The van der Waals surface area contributed by atoms with Crippen LogP contribution in [0.3, 0.4) is 0 Å². The molecule has 0 aromatic rings. The van der Waals surface area contributed by atoms with Crippen molar-refractivity contribution in [2.24, 2.45) is 0 Å². The molecule has 16 heavy (non-hydrogen) atoms. The molecule has 0 atom stereocenters. The molecule has 0 aromatic heterocycles. The number of ether oxygens (including phenoxy) is 1. The van der Waals surface area contributed by atoms with E-state index in [0.29, 0.717) is 0 Å². The van der Waals surface area contributed by atoms with Gasteiger partial charge < -0.3 is 14.7 Å². The topological polar surface area (TPSA) is 71.9 Å². The zero-order valence-corrected chi connectivity index (χ0v) is 11.2. The largest absolute Gasteiger partial charge is 0.461 e. The molecular formula is C10H16N2O3Si. The summed E-state index contributed by atoms with van der Waals surface area (Å²) in [5.41, 5.74) is 8.00. The summed E-state index contributed by atoms with van der Waals surface area (Å²) in [4.78, 5) is 14.3. The summed E-state index contributed by atoms with van der Waals surface area (Å²) < 4.78 is 10.2. The number of hydrogen-bond acceptors (Lipinski definition) is 3. The molecule has 6 heteroatoms. The Morgan fingerprint density at radius 3 is 2.31 bits per heavy atom. The third-order valence-corrected chi connectivity index (χ3v) is 4.37. The van der Waals surface area contributed by atoms with Gasteiger partial charge in [-0.25, -0.2) is 4.79 Å². The maximum Gasteiger partial charge on any atom is 0.412 e. The van der Waals surface area contributed by atoms with Gasteiger partial charge in [-0.2, -0.15) is 4.79 Å². The van der Waals surface area contributed by atoms with Crippen LogP contribution in [-0.2, 0) is 14.0 Å². The summed E-state index contributed by atoms with van der Waals surface area (Å²) in [5.74, 6) is 1.76. The SMILES string of the molecule is C#CC(C)(C)O[Si](C)(C)C(=[N+]=[N-])C(=O)OC. The lowest BCUT2D eigenvalue weighted by atomic mass is 10.2. The lowest BCUT2D eigenvalue weighted by molar-refractivity contribution is -0.136. The van der Waals surface area contributed by atoms with Crippen LogP contribution in [0.15, 0.2) is 0 Å². The Balaban J connectivity index is 5.14. The molecule has 0 spiro atoms. The molecule has 0 saturated heterocycles. The van der Waals surface area contributed by atoms with E-state index in [1.54, 1.807) is 26.9 Å². The Kier molecular flexibility index (Phi) is 4.63. The summed E-state index contributed by atoms with van der Waals surface area (Å²) >= 11 is 0. The molecule has 5 nitrogen and oxygen atoms in total. The summed E-state index contributed by atoms with van der Waals surface area (Å²) in [6.07, 6.45) is 5.29. The second-order valence-electron chi connectivity index (χ2n) is 4.21. The van der Waals surface area contributed by atoms with Gasteiger partial charge in [-0.3, -0.25) is 0 Å². The van der Waals surface area contributed by atoms with Gasteiger partial charge in [-0.15, -0.1) is 6.42 Å². The highest BCUT2D eigenvalue weighted by molar-refractivity contribution is 7.08. The predicted octanol–water partition coefficient (Wildman–Crippen LogP) is 1.00. The van der Waals surface area contributed by atoms with Crippen molar-refractivity contribution in [1.29, 1.82) is 0 Å². The first-order valence-corrected chi connectivity index (χ1v) is 7.60. The molecule has 0 saturated carbocycles. The molecule has 0 aromatic carbocycles. The Hall–Kier alpha value is -1.41. The Bertz CT molecular complexity index is 376. The molecular weight excluding hydrogens is 224 g/mol. The molecule has 0 unspecified atom stereocenters. The molecule has 0 fully saturated rings. The van der Waals surface area contributed by atoms with Crippen molar-refractivity contribution in [3.05, 3.63) is 5.53 Å². The number of terminal acetylenes is 1. The Morgan fingerprint density at radius 1 is 1.50 bits per heavy atom. The number of rotatable bonds is 4. The van der Waals surface area contributed by atoms with Gasteiger partial charge in [0.25, 0.3) is 0 Å². The summed E-state index contributed by atoms with van der Waals surface area (Å²) in [5, 5.41) is -0.0988. The van der Waals surface area contributed by atoms with Gasteiger partial charge in [0, 0.05) is 0 Å². The Labute approximate surface area is 96.5 Å². The van der Waals surface area contributed by atoms with E-state index >= 15 is 0 Å². The van der Waals surface area contributed by atoms with Crippen LogP contribution < -0.4 is 0 Å². The maximum absolute atomic E-state index is 11.4. The molecule has 0 amide bonds. The van der Waals surface area contributed by atoms with Crippen LogP contribution in [0.5, 0.6) is 0 Å². The number of nitrogens with zero attached hydrogens (tertiary/aromatic N) is 2. The van der Waals surface area contributed by atoms with Gasteiger partial charge in [-0.1, -0.05) is 5.92 Å². The highest BCUT2D eigenvalue weighted by Gasteiger charge is 2.47. The van der Waals surface area contributed by atoms with Crippen LogP contribution in [0.25, 0.3) is 5.53 Å². The minimum Gasteiger partial charge on any atom is -0.461 e. The summed E-state index contributed by atoms with van der Waals surface area (Å²) in [7, 11) is -1.48. The highest BCUT2D eigenvalue weighted by Crippen LogP contribution is 2.17. The zero-order valence-electron chi connectivity index (χ0n) is 10.2. The molecule has 0 rings (SSSR count). The third kappa shape index (κ3) is 3.63. The van der Waals surface area contributed by atoms with Gasteiger partial charge in [0.1, 0.15) is 5.60 Å². The standard InChI is InChI=1S/C10H16N2O3Si/c1-7-10(2,3)15-16(5,6)8(12-11)9(13)14-4/h1H,2-6H3. The van der Waals surface area contributed by atoms with E-state index in [2.05, 4.69) is 15.4 Å². The van der Waals surface area contributed by atoms with Crippen LogP contribution >= 0.6 is 0 Å². The smallest absolute Gasteiger partial charge is 0.412 e. The van der Waals surface area contributed by atoms with Crippen molar-refractivity contribution in [2.45, 2.75) is 32.5 Å². The van der Waals surface area contributed by atoms with Crippen molar-refractivity contribution in [3.8, 4) is 12.3 Å². The van der Waals surface area contributed by atoms with E-state index in [4.69, 9.17) is 16.4 Å². The molecule has 0 N–H and O–H groups in total. The van der Waals surface area contributed by atoms with Crippen molar-refractivity contribution in [3.63, 3.8) is 0 Å². The van der Waals surface area contributed by atoms with Crippen molar-refractivity contribution < 1.29 is 18.7 Å². The van der Waals surface area contributed by atoms with E-state index in [-0.39, 0.29) is 5.33 Å². The fraction of sp³-hybridized carbons (Fsp3) is 0.600. The Morgan fingerprint density at radius 2 is 2.00 bits per heavy atom. The fourth-order valence-electron chi connectivity index (χ4n) is 1.22. The van der Waals surface area contributed by atoms with Crippen LogP contribution in [0.2, 0.25) is 13.1 Å². The number of carbonyl (C=O) groups excluding carboxylic acids is 1. The second-order valence-corrected chi connectivity index (χ2v) is 7.91. The molecule has 88 valence electrons. The number of methoxy groups -OCH3 is 1. The normalized spacial score (nSPS) is 11.2. The number of esters is 1. The molecule has 0 aliphatic carbocycles. The predicted molar refractivity (Wildman–Crippen MR) is 62.1 cm³/mol. The van der Waals surface area contributed by atoms with Gasteiger partial charge in [0.05, 0.1) is 7.11 Å². The number of hydrogen-bond donors (Lipinski definition) is 0. The van der Waals surface area contributed by atoms with Crippen LogP contribution in [0.1, 0.15) is 13.8 Å². The maximum atomic E-state index is 11.4. The monoisotopic (exact) mass is 240 g/mol. The number of carbonyl (C=O) groups is 1. The van der Waals surface area contributed by atoms with E-state index < -0.39 is 19.9 Å². The minimum absolute atomic E-state index is 0.0988. The molecule has 0 heterocycles. The van der Waals surface area contributed by atoms with Gasteiger partial charge in [-0.05, 0) is 26.9 Å². The molecule has 0 aliphatic heterocycles. The first kappa shape index (κ1) is 14.6. The van der Waals surface area contributed by atoms with Crippen molar-refractivity contribution in [2.75, 3.05) is 7.11 Å². The van der Waals surface area contributed by atoms with Crippen molar-refractivity contribution in [1.82, 2.24) is 0 Å². The average Bonchev–Trinajstić information content (AvgIpc) is 2.16. The lowest BCUT2D eigenvalue weighted by Gasteiger charge is -2.27. The highest BCUT2D eigenvalue weighted by atomic mass is 28.4. The third-order valence-electron chi connectivity index (χ3n) is 1.91. The zero-order chi connectivity index (χ0) is 13.0. The quantitative estimate of drug-likeness (QED) is 0.184. The van der Waals surface area contributed by atoms with E-state index in [9.17, 15) is 4.79 Å². The fourth-order valence-corrected chi connectivity index (χ4v) is 3.49. The van der Waals surface area contributed by atoms with Gasteiger partial charge in [0.15, 0.2) is 0 Å². The minimum atomic E-state index is -2.69. The van der Waals surface area contributed by atoms with Gasteiger partial charge in [0.2, 0.25) is 0 Å². The molecule has 0 aliphatic rings. The van der Waals surface area contributed by atoms with E-state index in [1.807, 2.05) is 0 Å². The first-order valence-electron chi connectivity index (χ1n) is 4.69. The van der Waals surface area contributed by atoms with Crippen LogP contribution in [0.4, 0.5) is 0 Å². The molecule has 0 radical (unpaired) electrons.